The molecule has 0 aliphatic carbocycles. The predicted molar refractivity (Wildman–Crippen MR) is 148 cm³/mol. The number of fused-ring (bicyclic) bond motifs is 3. The standard InChI is InChI=1S/C31H21N3O5/c35-31-24-9-2-3-10-25(24)33-30(29-16-22-7-1-4-11-26(22)39-29)34(31)32-17-20-6-5-8-23(14-20)36-18-21-12-13-27-28(15-21)38-19-37-27/h1-17H,18-19H2. The Morgan fingerprint density at radius 1 is 0.897 bits per heavy atom. The van der Waals surface area contributed by atoms with Crippen molar-refractivity contribution in [1.82, 2.24) is 9.66 Å². The monoisotopic (exact) mass is 515 g/mol. The third-order valence-corrected chi connectivity index (χ3v) is 6.42. The molecule has 4 aromatic carbocycles. The first-order valence-corrected chi connectivity index (χ1v) is 12.4. The minimum atomic E-state index is -0.289. The summed E-state index contributed by atoms with van der Waals surface area (Å²) in [5.41, 5.74) is 2.71. The minimum Gasteiger partial charge on any atom is -0.489 e. The van der Waals surface area contributed by atoms with E-state index in [2.05, 4.69) is 5.10 Å². The first-order valence-electron chi connectivity index (χ1n) is 12.4. The molecule has 0 saturated heterocycles. The van der Waals surface area contributed by atoms with Gasteiger partial charge in [0.2, 0.25) is 12.6 Å². The highest BCUT2D eigenvalue weighted by atomic mass is 16.7. The Hall–Kier alpha value is -5.37. The van der Waals surface area contributed by atoms with Crippen molar-refractivity contribution in [3.63, 3.8) is 0 Å². The summed E-state index contributed by atoms with van der Waals surface area (Å²) in [5.74, 6) is 2.89. The molecule has 7 rings (SSSR count). The average molecular weight is 516 g/mol. The highest BCUT2D eigenvalue weighted by Gasteiger charge is 2.16. The van der Waals surface area contributed by atoms with Gasteiger partial charge in [0.15, 0.2) is 17.3 Å². The van der Waals surface area contributed by atoms with Crippen molar-refractivity contribution >= 4 is 28.1 Å². The molecule has 0 unspecified atom stereocenters. The third-order valence-electron chi connectivity index (χ3n) is 6.42. The largest absolute Gasteiger partial charge is 0.489 e. The van der Waals surface area contributed by atoms with Crippen LogP contribution in [0.1, 0.15) is 11.1 Å². The lowest BCUT2D eigenvalue weighted by molar-refractivity contribution is 0.174. The van der Waals surface area contributed by atoms with Crippen LogP contribution < -0.4 is 19.8 Å². The lowest BCUT2D eigenvalue weighted by Gasteiger charge is -2.08. The van der Waals surface area contributed by atoms with Gasteiger partial charge in [0, 0.05) is 5.39 Å². The van der Waals surface area contributed by atoms with Crippen LogP contribution in [0, 0.1) is 0 Å². The zero-order valence-electron chi connectivity index (χ0n) is 20.6. The summed E-state index contributed by atoms with van der Waals surface area (Å²) in [5, 5.41) is 5.92. The molecular weight excluding hydrogens is 494 g/mol. The van der Waals surface area contributed by atoms with E-state index >= 15 is 0 Å². The lowest BCUT2D eigenvalue weighted by Crippen LogP contribution is -2.20. The topological polar surface area (TPSA) is 88.1 Å². The Morgan fingerprint density at radius 3 is 2.72 bits per heavy atom. The summed E-state index contributed by atoms with van der Waals surface area (Å²) >= 11 is 0. The molecule has 0 radical (unpaired) electrons. The predicted octanol–water partition coefficient (Wildman–Crippen LogP) is 6.00. The second-order valence-corrected chi connectivity index (χ2v) is 9.01. The molecule has 3 heterocycles. The van der Waals surface area contributed by atoms with Gasteiger partial charge in [-0.3, -0.25) is 4.79 Å². The highest BCUT2D eigenvalue weighted by Crippen LogP contribution is 2.33. The molecule has 0 fully saturated rings. The van der Waals surface area contributed by atoms with Gasteiger partial charge in [0.1, 0.15) is 17.9 Å². The number of rotatable bonds is 6. The summed E-state index contributed by atoms with van der Waals surface area (Å²) in [4.78, 5) is 18.2. The smallest absolute Gasteiger partial charge is 0.282 e. The number of benzene rings is 4. The molecule has 0 bridgehead atoms. The molecule has 1 aliphatic heterocycles. The van der Waals surface area contributed by atoms with Gasteiger partial charge in [-0.05, 0) is 59.7 Å². The number of hydrogen-bond acceptors (Lipinski definition) is 7. The average Bonchev–Trinajstić information content (AvgIpc) is 3.62. The molecule has 2 aromatic heterocycles. The van der Waals surface area contributed by atoms with Gasteiger partial charge in [-0.25, -0.2) is 4.98 Å². The SMILES string of the molecule is O=c1c2ccccc2nc(-c2cc3ccccc3o2)n1N=Cc1cccc(OCc2ccc3c(c2)OCO3)c1. The molecule has 39 heavy (non-hydrogen) atoms. The summed E-state index contributed by atoms with van der Waals surface area (Å²) in [6.07, 6.45) is 1.61. The Labute approximate surface area is 222 Å². The van der Waals surface area contributed by atoms with Crippen LogP contribution in [0.2, 0.25) is 0 Å². The van der Waals surface area contributed by atoms with Crippen molar-refractivity contribution in [3.05, 3.63) is 119 Å². The van der Waals surface area contributed by atoms with Gasteiger partial charge in [-0.2, -0.15) is 9.78 Å². The van der Waals surface area contributed by atoms with Crippen molar-refractivity contribution in [2.24, 2.45) is 5.10 Å². The van der Waals surface area contributed by atoms with Crippen LogP contribution >= 0.6 is 0 Å². The maximum Gasteiger partial charge on any atom is 0.282 e. The van der Waals surface area contributed by atoms with Crippen LogP contribution in [0.4, 0.5) is 0 Å². The molecule has 0 amide bonds. The quantitative estimate of drug-likeness (QED) is 0.253. The van der Waals surface area contributed by atoms with Crippen molar-refractivity contribution in [1.29, 1.82) is 0 Å². The zero-order valence-corrected chi connectivity index (χ0v) is 20.6. The first-order chi connectivity index (χ1) is 19.2. The molecule has 0 atom stereocenters. The van der Waals surface area contributed by atoms with Crippen molar-refractivity contribution in [3.8, 4) is 28.8 Å². The number of furan rings is 1. The highest BCUT2D eigenvalue weighted by molar-refractivity contribution is 5.85. The minimum absolute atomic E-state index is 0.231. The van der Waals surface area contributed by atoms with E-state index in [0.29, 0.717) is 46.2 Å². The van der Waals surface area contributed by atoms with E-state index in [1.54, 1.807) is 24.4 Å². The molecule has 0 spiro atoms. The lowest BCUT2D eigenvalue weighted by atomic mass is 10.2. The van der Waals surface area contributed by atoms with Gasteiger partial charge in [0.05, 0.1) is 17.1 Å². The van der Waals surface area contributed by atoms with E-state index < -0.39 is 0 Å². The normalized spacial score (nSPS) is 12.5. The van der Waals surface area contributed by atoms with E-state index in [4.69, 9.17) is 23.6 Å². The zero-order chi connectivity index (χ0) is 26.2. The summed E-state index contributed by atoms with van der Waals surface area (Å²) < 4.78 is 24.1. The Kier molecular flexibility index (Phi) is 5.55. The summed E-state index contributed by atoms with van der Waals surface area (Å²) in [6.45, 7) is 0.594. The van der Waals surface area contributed by atoms with Crippen molar-refractivity contribution in [2.75, 3.05) is 6.79 Å². The fourth-order valence-electron chi connectivity index (χ4n) is 4.49. The van der Waals surface area contributed by atoms with E-state index in [1.807, 2.05) is 78.9 Å². The molecule has 0 N–H and O–H groups in total. The fraction of sp³-hybridized carbons (Fsp3) is 0.0645. The van der Waals surface area contributed by atoms with Gasteiger partial charge >= 0.3 is 0 Å². The Balaban J connectivity index is 1.21. The van der Waals surface area contributed by atoms with E-state index in [-0.39, 0.29) is 12.4 Å². The number of para-hydroxylation sites is 2. The maximum absolute atomic E-state index is 13.5. The van der Waals surface area contributed by atoms with Crippen LogP contribution in [0.15, 0.2) is 111 Å². The summed E-state index contributed by atoms with van der Waals surface area (Å²) in [6, 6.07) is 29.9. The number of ether oxygens (including phenoxy) is 3. The van der Waals surface area contributed by atoms with Gasteiger partial charge in [0.25, 0.3) is 5.56 Å². The number of aromatic nitrogens is 2. The van der Waals surface area contributed by atoms with Gasteiger partial charge in [-0.1, -0.05) is 48.5 Å². The van der Waals surface area contributed by atoms with E-state index in [1.165, 1.54) is 4.68 Å². The second kappa shape index (κ2) is 9.50. The van der Waals surface area contributed by atoms with Crippen LogP contribution in [-0.4, -0.2) is 22.7 Å². The van der Waals surface area contributed by atoms with Crippen LogP contribution in [-0.2, 0) is 6.61 Å². The van der Waals surface area contributed by atoms with E-state index in [0.717, 1.165) is 22.3 Å². The molecule has 1 aliphatic rings. The maximum atomic E-state index is 13.5. The van der Waals surface area contributed by atoms with Crippen LogP contribution in [0.5, 0.6) is 17.2 Å². The number of hydrogen-bond donors (Lipinski definition) is 0. The number of nitrogens with zero attached hydrogens (tertiary/aromatic N) is 3. The van der Waals surface area contributed by atoms with Crippen LogP contribution in [0.25, 0.3) is 33.5 Å². The van der Waals surface area contributed by atoms with Crippen molar-refractivity contribution in [2.45, 2.75) is 6.61 Å². The second-order valence-electron chi connectivity index (χ2n) is 9.01. The van der Waals surface area contributed by atoms with Crippen LogP contribution in [0.3, 0.4) is 0 Å². The fourth-order valence-corrected chi connectivity index (χ4v) is 4.49. The Bertz CT molecular complexity index is 1910. The molecule has 8 heteroatoms. The molecule has 0 saturated carbocycles. The first kappa shape index (κ1) is 22.8. The van der Waals surface area contributed by atoms with E-state index in [9.17, 15) is 4.79 Å². The Morgan fingerprint density at radius 2 is 1.77 bits per heavy atom. The molecular formula is C31H21N3O5. The molecule has 8 nitrogen and oxygen atoms in total. The third kappa shape index (κ3) is 4.38. The van der Waals surface area contributed by atoms with Gasteiger partial charge in [-0.15, -0.1) is 0 Å². The molecule has 190 valence electrons. The van der Waals surface area contributed by atoms with Gasteiger partial charge < -0.3 is 18.6 Å². The van der Waals surface area contributed by atoms with Crippen molar-refractivity contribution < 1.29 is 18.6 Å². The summed E-state index contributed by atoms with van der Waals surface area (Å²) in [7, 11) is 0. The molecule has 6 aromatic rings.